The van der Waals surface area contributed by atoms with Crippen LogP contribution >= 0.6 is 11.6 Å². The molecule has 0 rings (SSSR count). The maximum absolute atomic E-state index is 5.55. The minimum absolute atomic E-state index is 0.644. The van der Waals surface area contributed by atoms with Crippen molar-refractivity contribution in [3.05, 3.63) is 30.0 Å². The average Bonchev–Trinajstić information content (AvgIpc) is 2.54. The fraction of sp³-hybridized carbons (Fsp3) is 0.750. The summed E-state index contributed by atoms with van der Waals surface area (Å²) in [6.45, 7) is 3.71. The summed E-state index contributed by atoms with van der Waals surface area (Å²) in [4.78, 5) is 0. The second-order valence-electron chi connectivity index (χ2n) is 5.65. The second kappa shape index (κ2) is 20.5. The van der Waals surface area contributed by atoms with Crippen molar-refractivity contribution < 1.29 is 4.74 Å². The zero-order chi connectivity index (χ0) is 16.1. The molecule has 0 aliphatic heterocycles. The van der Waals surface area contributed by atoms with Crippen LogP contribution in [0.15, 0.2) is 30.0 Å². The molecule has 0 N–H and O–H groups in total. The summed E-state index contributed by atoms with van der Waals surface area (Å²) in [5, 5.41) is 0. The number of ether oxygens (including phenoxy) is 1. The molecule has 0 aromatic rings. The molecule has 2 heteroatoms. The Morgan fingerprint density at radius 3 is 2.23 bits per heavy atom. The number of rotatable bonds is 16. The molecule has 0 spiro atoms. The summed E-state index contributed by atoms with van der Waals surface area (Å²) in [6, 6.07) is 0. The summed E-state index contributed by atoms with van der Waals surface area (Å²) in [6.07, 6.45) is 22.7. The second-order valence-corrected chi connectivity index (χ2v) is 6.03. The number of allylic oxidation sites excluding steroid dienone is 1. The first kappa shape index (κ1) is 21.5. The van der Waals surface area contributed by atoms with Crippen LogP contribution in [0.3, 0.4) is 0 Å². The third-order valence-electron chi connectivity index (χ3n) is 3.51. The van der Waals surface area contributed by atoms with Crippen molar-refractivity contribution >= 4 is 11.6 Å². The van der Waals surface area contributed by atoms with E-state index >= 15 is 0 Å². The van der Waals surface area contributed by atoms with Crippen LogP contribution in [0.5, 0.6) is 0 Å². The van der Waals surface area contributed by atoms with Gasteiger partial charge in [-0.25, -0.2) is 0 Å². The lowest BCUT2D eigenvalue weighted by atomic mass is 10.1. The Labute approximate surface area is 143 Å². The lowest BCUT2D eigenvalue weighted by Crippen LogP contribution is -1.91. The molecule has 0 amide bonds. The molecule has 0 fully saturated rings. The topological polar surface area (TPSA) is 9.23 Å². The highest BCUT2D eigenvalue weighted by molar-refractivity contribution is 6.17. The monoisotopic (exact) mass is 326 g/mol. The molecular weight excluding hydrogens is 292 g/mol. The highest BCUT2D eigenvalue weighted by Crippen LogP contribution is 2.09. The van der Waals surface area contributed by atoms with E-state index in [1.807, 2.05) is 12.2 Å². The van der Waals surface area contributed by atoms with Gasteiger partial charge in [-0.2, -0.15) is 0 Å². The average molecular weight is 327 g/mol. The molecular formula is C20H35ClO. The molecule has 128 valence electrons. The van der Waals surface area contributed by atoms with Crippen LogP contribution in [0.25, 0.3) is 0 Å². The van der Waals surface area contributed by atoms with Crippen LogP contribution in [-0.2, 0) is 4.74 Å². The van der Waals surface area contributed by atoms with Crippen molar-refractivity contribution in [2.24, 2.45) is 0 Å². The number of hydrogen-bond donors (Lipinski definition) is 0. The number of alkyl halides is 1. The summed E-state index contributed by atoms with van der Waals surface area (Å²) in [5.41, 5.74) is 3.06. The van der Waals surface area contributed by atoms with Crippen LogP contribution in [0.4, 0.5) is 0 Å². The maximum atomic E-state index is 5.55. The predicted molar refractivity (Wildman–Crippen MR) is 99.8 cm³/mol. The van der Waals surface area contributed by atoms with E-state index in [0.29, 0.717) is 12.5 Å². The molecule has 1 nitrogen and oxygen atoms in total. The first-order valence-electron chi connectivity index (χ1n) is 9.10. The molecule has 0 saturated heterocycles. The zero-order valence-electron chi connectivity index (χ0n) is 14.5. The van der Waals surface area contributed by atoms with Gasteiger partial charge in [-0.05, 0) is 37.8 Å². The number of unbranched alkanes of at least 4 members (excludes halogenated alkanes) is 8. The summed E-state index contributed by atoms with van der Waals surface area (Å²) >= 11 is 5.55. The normalized spacial score (nSPS) is 10.8. The minimum atomic E-state index is 0.644. The van der Waals surface area contributed by atoms with Gasteiger partial charge >= 0.3 is 0 Å². The minimum Gasteiger partial charge on any atom is -0.376 e. The Bertz CT molecular complexity index is 290. The van der Waals surface area contributed by atoms with E-state index < -0.39 is 0 Å². The third kappa shape index (κ3) is 19.5. The summed E-state index contributed by atoms with van der Waals surface area (Å²) < 4.78 is 5.48. The quantitative estimate of drug-likeness (QED) is 0.131. The molecule has 0 atom stereocenters. The fourth-order valence-corrected chi connectivity index (χ4v) is 2.30. The molecule has 0 radical (unpaired) electrons. The standard InChI is InChI=1S/C20H35ClO/c1-2-3-4-5-6-7-8-9-10-11-13-16-19-22-20-17-14-12-15-18-21/h11-13,17H,2-10,15-16,18-20H2,1H3. The van der Waals surface area contributed by atoms with E-state index in [-0.39, 0.29) is 0 Å². The van der Waals surface area contributed by atoms with Gasteiger partial charge in [0, 0.05) is 5.88 Å². The van der Waals surface area contributed by atoms with Crippen molar-refractivity contribution in [3.8, 4) is 0 Å². The van der Waals surface area contributed by atoms with Gasteiger partial charge in [0.2, 0.25) is 0 Å². The van der Waals surface area contributed by atoms with E-state index in [9.17, 15) is 0 Å². The molecule has 0 aliphatic carbocycles. The van der Waals surface area contributed by atoms with Gasteiger partial charge < -0.3 is 4.74 Å². The van der Waals surface area contributed by atoms with Gasteiger partial charge in [-0.1, -0.05) is 64.0 Å². The van der Waals surface area contributed by atoms with E-state index in [1.165, 1.54) is 57.8 Å². The Hall–Kier alpha value is -0.490. The maximum Gasteiger partial charge on any atom is 0.0721 e. The van der Waals surface area contributed by atoms with Gasteiger partial charge in [0.25, 0.3) is 0 Å². The Morgan fingerprint density at radius 2 is 1.50 bits per heavy atom. The van der Waals surface area contributed by atoms with Gasteiger partial charge in [0.1, 0.15) is 0 Å². The molecule has 0 bridgehead atoms. The highest BCUT2D eigenvalue weighted by Gasteiger charge is 1.90. The Morgan fingerprint density at radius 1 is 0.818 bits per heavy atom. The molecule has 0 aromatic heterocycles. The van der Waals surface area contributed by atoms with Crippen molar-refractivity contribution in [2.75, 3.05) is 19.1 Å². The SMILES string of the molecule is CCCCCCCCCCC=CCCOCC=C=CCCCl. The first-order chi connectivity index (χ1) is 10.9. The van der Waals surface area contributed by atoms with Crippen molar-refractivity contribution in [1.82, 2.24) is 0 Å². The van der Waals surface area contributed by atoms with E-state index in [0.717, 1.165) is 19.4 Å². The Balaban J connectivity index is 3.16. The molecule has 0 unspecified atom stereocenters. The lowest BCUT2D eigenvalue weighted by molar-refractivity contribution is 0.167. The van der Waals surface area contributed by atoms with E-state index in [2.05, 4.69) is 24.8 Å². The van der Waals surface area contributed by atoms with Gasteiger partial charge in [0.15, 0.2) is 0 Å². The molecule has 0 aliphatic rings. The van der Waals surface area contributed by atoms with E-state index in [4.69, 9.17) is 16.3 Å². The van der Waals surface area contributed by atoms with Gasteiger partial charge in [-0.15, -0.1) is 17.3 Å². The van der Waals surface area contributed by atoms with Gasteiger partial charge in [-0.3, -0.25) is 0 Å². The van der Waals surface area contributed by atoms with Crippen molar-refractivity contribution in [1.29, 1.82) is 0 Å². The summed E-state index contributed by atoms with van der Waals surface area (Å²) in [5.74, 6) is 0.658. The van der Waals surface area contributed by atoms with Crippen molar-refractivity contribution in [2.45, 2.75) is 77.6 Å². The van der Waals surface area contributed by atoms with Crippen LogP contribution < -0.4 is 0 Å². The lowest BCUT2D eigenvalue weighted by Gasteiger charge is -2.00. The Kier molecular flexibility index (Phi) is 20.1. The van der Waals surface area contributed by atoms with Crippen LogP contribution in [0, 0.1) is 0 Å². The highest BCUT2D eigenvalue weighted by atomic mass is 35.5. The number of halogens is 1. The largest absolute Gasteiger partial charge is 0.376 e. The zero-order valence-corrected chi connectivity index (χ0v) is 15.3. The number of hydrogen-bond acceptors (Lipinski definition) is 1. The van der Waals surface area contributed by atoms with Crippen LogP contribution in [0.2, 0.25) is 0 Å². The van der Waals surface area contributed by atoms with Gasteiger partial charge in [0.05, 0.1) is 13.2 Å². The van der Waals surface area contributed by atoms with Crippen LogP contribution in [0.1, 0.15) is 77.6 Å². The fourth-order valence-electron chi connectivity index (χ4n) is 2.19. The molecule has 0 heterocycles. The first-order valence-corrected chi connectivity index (χ1v) is 9.63. The molecule has 0 saturated carbocycles. The van der Waals surface area contributed by atoms with E-state index in [1.54, 1.807) is 0 Å². The molecule has 22 heavy (non-hydrogen) atoms. The van der Waals surface area contributed by atoms with Crippen LogP contribution in [-0.4, -0.2) is 19.1 Å². The smallest absolute Gasteiger partial charge is 0.0721 e. The van der Waals surface area contributed by atoms with Crippen molar-refractivity contribution in [3.63, 3.8) is 0 Å². The molecule has 0 aromatic carbocycles. The predicted octanol–water partition coefficient (Wildman–Crippen LogP) is 6.82. The summed E-state index contributed by atoms with van der Waals surface area (Å²) in [7, 11) is 0. The third-order valence-corrected chi connectivity index (χ3v) is 3.73.